The topological polar surface area (TPSA) is 69.6 Å². The third kappa shape index (κ3) is 9.36. The van der Waals surface area contributed by atoms with Crippen molar-refractivity contribution in [2.45, 2.75) is 32.1 Å². The summed E-state index contributed by atoms with van der Waals surface area (Å²) >= 11 is 3.00. The Bertz CT molecular complexity index is 1380. The van der Waals surface area contributed by atoms with Gasteiger partial charge in [-0.1, -0.05) is 30.7 Å². The number of aliphatic carboxylic acids is 1. The van der Waals surface area contributed by atoms with E-state index in [2.05, 4.69) is 10.2 Å². The maximum Gasteiger partial charge on any atom is 0.308 e. The minimum absolute atomic E-state index is 0.0336. The predicted molar refractivity (Wildman–Crippen MR) is 158 cm³/mol. The van der Waals surface area contributed by atoms with Gasteiger partial charge in [0.1, 0.15) is 11.6 Å². The highest BCUT2D eigenvalue weighted by molar-refractivity contribution is 7.15. The fraction of sp³-hybridized carbons (Fsp3) is 0.290. The number of carbonyl (C=O) groups is 2. The summed E-state index contributed by atoms with van der Waals surface area (Å²) in [5.41, 5.74) is 1.89. The molecule has 0 spiro atoms. The summed E-state index contributed by atoms with van der Waals surface area (Å²) in [5.74, 6) is -1.28. The highest BCUT2D eigenvalue weighted by Crippen LogP contribution is 2.29. The van der Waals surface area contributed by atoms with Crippen LogP contribution < -0.4 is 5.32 Å². The van der Waals surface area contributed by atoms with Crippen molar-refractivity contribution in [2.24, 2.45) is 0 Å². The molecule has 5 nitrogen and oxygen atoms in total. The van der Waals surface area contributed by atoms with Crippen LogP contribution in [0.5, 0.6) is 0 Å². The number of nitrogens with one attached hydrogen (secondary N) is 1. The zero-order chi connectivity index (χ0) is 28.3. The first kappa shape index (κ1) is 29.6. The first-order valence-corrected chi connectivity index (χ1v) is 14.9. The van der Waals surface area contributed by atoms with Gasteiger partial charge in [0.15, 0.2) is 0 Å². The number of thiophene rings is 2. The monoisotopic (exact) mass is 582 g/mol. The lowest BCUT2D eigenvalue weighted by Crippen LogP contribution is -2.38. The normalized spacial score (nSPS) is 13.3. The number of likely N-dealkylation sites (tertiary alicyclic amines) is 1. The Morgan fingerprint density at radius 1 is 0.725 bits per heavy atom. The van der Waals surface area contributed by atoms with Crippen molar-refractivity contribution in [3.8, 4) is 20.9 Å². The molecule has 0 radical (unpaired) electrons. The number of carboxylic acids is 1. The van der Waals surface area contributed by atoms with E-state index in [1.807, 2.05) is 18.2 Å². The van der Waals surface area contributed by atoms with Gasteiger partial charge < -0.3 is 15.3 Å². The maximum atomic E-state index is 13.0. The van der Waals surface area contributed by atoms with Crippen molar-refractivity contribution in [1.82, 2.24) is 10.2 Å². The van der Waals surface area contributed by atoms with Crippen LogP contribution in [0.3, 0.4) is 0 Å². The molecule has 2 aromatic heterocycles. The van der Waals surface area contributed by atoms with E-state index in [4.69, 9.17) is 5.11 Å². The Morgan fingerprint density at radius 2 is 1.23 bits per heavy atom. The van der Waals surface area contributed by atoms with E-state index in [0.717, 1.165) is 56.8 Å². The van der Waals surface area contributed by atoms with Gasteiger partial charge in [0.25, 0.3) is 0 Å². The van der Waals surface area contributed by atoms with Crippen LogP contribution in [0.4, 0.5) is 8.78 Å². The van der Waals surface area contributed by atoms with Crippen LogP contribution in [0, 0.1) is 11.6 Å². The zero-order valence-electron chi connectivity index (χ0n) is 22.1. The first-order chi connectivity index (χ1) is 19.4. The number of hydrogen-bond acceptors (Lipinski definition) is 5. The standard InChI is InChI=1S/C19H23FN2OS.C12H9FO2S/c20-16-6-4-15(5-7-16)18-9-8-17(24-18)14-19(23)21-10-13-22-11-2-1-3-12-22;13-9-3-1-8(2-4-9)11-6-5-10(16-11)7-12(14)15/h4-9H,1-3,10-14H2,(H,21,23);1-6H,7H2,(H,14,15). The molecule has 2 N–H and O–H groups in total. The molecule has 0 aliphatic carbocycles. The summed E-state index contributed by atoms with van der Waals surface area (Å²) in [6, 6.07) is 20.2. The van der Waals surface area contributed by atoms with E-state index < -0.39 is 5.97 Å². The van der Waals surface area contributed by atoms with E-state index in [0.29, 0.717) is 6.42 Å². The highest BCUT2D eigenvalue weighted by Gasteiger charge is 2.11. The summed E-state index contributed by atoms with van der Waals surface area (Å²) in [6.45, 7) is 3.97. The minimum Gasteiger partial charge on any atom is -0.481 e. The molecule has 0 unspecified atom stereocenters. The molecule has 9 heteroatoms. The number of piperidine rings is 1. The Morgan fingerprint density at radius 3 is 1.73 bits per heavy atom. The maximum absolute atomic E-state index is 13.0. The van der Waals surface area contributed by atoms with Gasteiger partial charge >= 0.3 is 5.97 Å². The van der Waals surface area contributed by atoms with Crippen molar-refractivity contribution in [3.63, 3.8) is 0 Å². The van der Waals surface area contributed by atoms with Crippen molar-refractivity contribution in [1.29, 1.82) is 0 Å². The van der Waals surface area contributed by atoms with Gasteiger partial charge in [-0.25, -0.2) is 8.78 Å². The number of carbonyl (C=O) groups excluding carboxylic acids is 1. The molecule has 4 aromatic rings. The molecule has 0 bridgehead atoms. The van der Waals surface area contributed by atoms with Crippen molar-refractivity contribution >= 4 is 34.6 Å². The third-order valence-electron chi connectivity index (χ3n) is 6.44. The number of nitrogens with zero attached hydrogens (tertiary/aromatic N) is 1. The number of amides is 1. The second-order valence-electron chi connectivity index (χ2n) is 9.55. The van der Waals surface area contributed by atoms with E-state index >= 15 is 0 Å². The van der Waals surface area contributed by atoms with E-state index in [1.54, 1.807) is 41.7 Å². The van der Waals surface area contributed by atoms with Gasteiger partial charge in [-0.3, -0.25) is 9.59 Å². The molecular weight excluding hydrogens is 550 g/mol. The fourth-order valence-electron chi connectivity index (χ4n) is 4.39. The van der Waals surface area contributed by atoms with Gasteiger partial charge in [0.2, 0.25) is 5.91 Å². The van der Waals surface area contributed by atoms with Gasteiger partial charge in [0, 0.05) is 32.6 Å². The second-order valence-corrected chi connectivity index (χ2v) is 11.9. The average molecular weight is 583 g/mol. The number of hydrogen-bond donors (Lipinski definition) is 2. The lowest BCUT2D eigenvalue weighted by atomic mass is 10.1. The predicted octanol–water partition coefficient (Wildman–Crippen LogP) is 6.88. The summed E-state index contributed by atoms with van der Waals surface area (Å²) in [6.07, 6.45) is 4.32. The summed E-state index contributed by atoms with van der Waals surface area (Å²) in [4.78, 5) is 28.9. The SMILES string of the molecule is O=C(Cc1ccc(-c2ccc(F)cc2)s1)NCCN1CCCCC1.O=C(O)Cc1ccc(-c2ccc(F)cc2)s1. The summed E-state index contributed by atoms with van der Waals surface area (Å²) < 4.78 is 25.7. The average Bonchev–Trinajstić information content (AvgIpc) is 3.60. The molecule has 5 rings (SSSR count). The molecule has 210 valence electrons. The highest BCUT2D eigenvalue weighted by atomic mass is 32.1. The molecule has 40 heavy (non-hydrogen) atoms. The van der Waals surface area contributed by atoms with Crippen LogP contribution in [0.2, 0.25) is 0 Å². The third-order valence-corrected chi connectivity index (χ3v) is 8.71. The Labute approximate surface area is 241 Å². The van der Waals surface area contributed by atoms with Gasteiger partial charge in [-0.2, -0.15) is 0 Å². The molecule has 3 heterocycles. The number of rotatable bonds is 9. The van der Waals surface area contributed by atoms with Crippen LogP contribution in [-0.2, 0) is 22.4 Å². The molecule has 2 aromatic carbocycles. The smallest absolute Gasteiger partial charge is 0.308 e. The van der Waals surface area contributed by atoms with Crippen molar-refractivity contribution < 1.29 is 23.5 Å². The number of carboxylic acid groups (broad SMARTS) is 1. The quantitative estimate of drug-likeness (QED) is 0.226. The Kier molecular flexibility index (Phi) is 11.0. The van der Waals surface area contributed by atoms with E-state index in [1.165, 1.54) is 54.9 Å². The van der Waals surface area contributed by atoms with E-state index in [-0.39, 0.29) is 24.0 Å². The van der Waals surface area contributed by atoms with Crippen LogP contribution in [-0.4, -0.2) is 48.1 Å². The molecule has 1 fully saturated rings. The van der Waals surface area contributed by atoms with E-state index in [9.17, 15) is 18.4 Å². The van der Waals surface area contributed by atoms with Crippen LogP contribution in [0.1, 0.15) is 29.0 Å². The summed E-state index contributed by atoms with van der Waals surface area (Å²) in [7, 11) is 0. The van der Waals surface area contributed by atoms with Gasteiger partial charge in [-0.05, 0) is 85.6 Å². The summed E-state index contributed by atoms with van der Waals surface area (Å²) in [5, 5.41) is 11.7. The molecule has 1 aliphatic heterocycles. The lowest BCUT2D eigenvalue weighted by Gasteiger charge is -2.26. The lowest BCUT2D eigenvalue weighted by molar-refractivity contribution is -0.136. The Balaban J connectivity index is 0.000000201. The van der Waals surface area contributed by atoms with Crippen molar-refractivity contribution in [3.05, 3.63) is 94.2 Å². The van der Waals surface area contributed by atoms with Gasteiger partial charge in [0.05, 0.1) is 12.8 Å². The zero-order valence-corrected chi connectivity index (χ0v) is 23.7. The molecule has 1 aliphatic rings. The number of halogens is 2. The minimum atomic E-state index is -0.840. The molecule has 1 saturated heterocycles. The molecule has 1 amide bonds. The molecular formula is C31H32F2N2O3S2. The van der Waals surface area contributed by atoms with Crippen molar-refractivity contribution in [2.75, 3.05) is 26.2 Å². The van der Waals surface area contributed by atoms with Crippen LogP contribution in [0.25, 0.3) is 20.9 Å². The Hall–Kier alpha value is -3.40. The van der Waals surface area contributed by atoms with Gasteiger partial charge in [-0.15, -0.1) is 22.7 Å². The fourth-order valence-corrected chi connectivity index (χ4v) is 6.41. The molecule has 0 saturated carbocycles. The number of benzene rings is 2. The van der Waals surface area contributed by atoms with Crippen LogP contribution >= 0.6 is 22.7 Å². The first-order valence-electron chi connectivity index (χ1n) is 13.3. The largest absolute Gasteiger partial charge is 0.481 e. The molecule has 0 atom stereocenters. The second kappa shape index (κ2) is 14.8. The van der Waals surface area contributed by atoms with Crippen LogP contribution in [0.15, 0.2) is 72.8 Å².